The third-order valence-electron chi connectivity index (χ3n) is 17.3. The summed E-state index contributed by atoms with van der Waals surface area (Å²) in [5, 5.41) is 130. The lowest BCUT2D eigenvalue weighted by atomic mass is 10.0. The molecule has 1 atom stereocenters. The molecular formula is C81H141N13O38. The molecule has 0 aromatic heterocycles. The first-order valence-electron chi connectivity index (χ1n) is 41.1. The number of nitrogens with zero attached hydrogens (tertiary/aromatic N) is 9. The maximum Gasteiger partial charge on any atom is 0.317 e. The number of benzene rings is 1. The molecule has 0 heterocycles. The second kappa shape index (κ2) is 80.8. The molecule has 0 saturated heterocycles. The van der Waals surface area contributed by atoms with E-state index in [4.69, 9.17) is 69.3 Å². The van der Waals surface area contributed by atoms with Gasteiger partial charge in [0.05, 0.1) is 158 Å². The second-order valence-corrected chi connectivity index (χ2v) is 28.5. The van der Waals surface area contributed by atoms with E-state index < -0.39 is 175 Å². The molecule has 0 aliphatic carbocycles. The Labute approximate surface area is 766 Å². The fourth-order valence-corrected chi connectivity index (χ4v) is 11.4. The molecule has 758 valence electrons. The molecule has 0 aliphatic rings. The lowest BCUT2D eigenvalue weighted by molar-refractivity contribution is -0.145. The van der Waals surface area contributed by atoms with Crippen molar-refractivity contribution in [1.29, 1.82) is 0 Å². The van der Waals surface area contributed by atoms with Gasteiger partial charge in [0.15, 0.2) is 0 Å². The van der Waals surface area contributed by atoms with Crippen LogP contribution in [-0.2, 0) is 126 Å². The first-order valence-corrected chi connectivity index (χ1v) is 41.1. The Morgan fingerprint density at radius 2 is 0.515 bits per heavy atom. The van der Waals surface area contributed by atoms with E-state index in [0.29, 0.717) is 122 Å². The quantitative estimate of drug-likeness (QED) is 0.0283. The molecule has 1 unspecified atom stereocenters. The number of ether oxygens (including phenoxy) is 6. The van der Waals surface area contributed by atoms with Crippen LogP contribution in [0, 0.1) is 0 Å². The fourth-order valence-electron chi connectivity index (χ4n) is 11.4. The number of aliphatic carboxylic acids is 13. The zero-order chi connectivity index (χ0) is 97.4. The maximum atomic E-state index is 12.6. The van der Waals surface area contributed by atoms with Gasteiger partial charge in [0, 0.05) is 149 Å². The predicted octanol–water partition coefficient (Wildman–Crippen LogP) is -3.39. The van der Waals surface area contributed by atoms with Gasteiger partial charge in [-0.3, -0.25) is 135 Å². The summed E-state index contributed by atoms with van der Waals surface area (Å²) in [5.41, 5.74) is 1.01. The molecule has 4 amide bonds. The third-order valence-corrected chi connectivity index (χ3v) is 17.3. The number of carboxylic acids is 13. The molecular weight excluding hydrogens is 1760 g/mol. The van der Waals surface area contributed by atoms with Crippen LogP contribution in [-0.4, -0.2) is 498 Å². The lowest BCUT2D eigenvalue weighted by Crippen LogP contribution is -2.51. The molecule has 0 bridgehead atoms. The minimum Gasteiger partial charge on any atom is -0.480 e. The molecule has 51 nitrogen and oxygen atoms in total. The first kappa shape index (κ1) is 129. The number of Topliss-reactive ketones (excluding diaryl/α,β-unsaturated/α-hetero) is 2. The van der Waals surface area contributed by atoms with E-state index in [2.05, 4.69) is 21.3 Å². The van der Waals surface area contributed by atoms with Crippen LogP contribution in [0.2, 0.25) is 0 Å². The maximum absolute atomic E-state index is 12.6. The fraction of sp³-hybridized carbons (Fsp3) is 0.691. The zero-order valence-electron chi connectivity index (χ0n) is 73.1. The van der Waals surface area contributed by atoms with Crippen LogP contribution >= 0.6 is 0 Å². The Morgan fingerprint density at radius 1 is 0.280 bits per heavy atom. The van der Waals surface area contributed by atoms with Crippen molar-refractivity contribution in [3.05, 3.63) is 29.8 Å². The highest BCUT2D eigenvalue weighted by Crippen LogP contribution is 2.16. The smallest absolute Gasteiger partial charge is 0.317 e. The largest absolute Gasteiger partial charge is 0.480 e. The number of carboxylic acid groups (broad SMARTS) is 13. The van der Waals surface area contributed by atoms with E-state index in [-0.39, 0.29) is 176 Å². The lowest BCUT2D eigenvalue weighted by Gasteiger charge is -2.34. The first-order chi connectivity index (χ1) is 61.0. The number of hydrogen-bond acceptors (Lipinski definition) is 34. The highest BCUT2D eigenvalue weighted by atomic mass is 16.5. The molecule has 51 heteroatoms. The Balaban J connectivity index is -0.000000609. The molecule has 132 heavy (non-hydrogen) atoms. The average molecular weight is 1910 g/mol. The Morgan fingerprint density at radius 3 is 0.803 bits per heavy atom. The highest BCUT2D eigenvalue weighted by molar-refractivity contribution is 5.91. The van der Waals surface area contributed by atoms with Gasteiger partial charge in [-0.25, -0.2) is 0 Å². The summed E-state index contributed by atoms with van der Waals surface area (Å²) >= 11 is 0. The van der Waals surface area contributed by atoms with Crippen molar-refractivity contribution in [1.82, 2.24) is 60.0 Å². The molecule has 1 rings (SSSR count). The van der Waals surface area contributed by atoms with Crippen LogP contribution in [0.3, 0.4) is 0 Å². The molecule has 1 aromatic rings. The highest BCUT2D eigenvalue weighted by Gasteiger charge is 2.29. The molecule has 0 fully saturated rings. The van der Waals surface area contributed by atoms with Gasteiger partial charge in [0.25, 0.3) is 0 Å². The monoisotopic (exact) mass is 1900 g/mol. The summed E-state index contributed by atoms with van der Waals surface area (Å²) in [6, 6.07) is 5.52. The number of nitrogens with one attached hydrogen (secondary N) is 4. The summed E-state index contributed by atoms with van der Waals surface area (Å²) in [4.78, 5) is 228. The molecule has 17 N–H and O–H groups in total. The second-order valence-electron chi connectivity index (χ2n) is 28.5. The van der Waals surface area contributed by atoms with E-state index in [1.807, 2.05) is 0 Å². The van der Waals surface area contributed by atoms with Gasteiger partial charge in [-0.15, -0.1) is 0 Å². The van der Waals surface area contributed by atoms with E-state index in [1.54, 1.807) is 49.9 Å². The minimum absolute atomic E-state index is 0. The molecule has 0 radical (unpaired) electrons. The van der Waals surface area contributed by atoms with Gasteiger partial charge in [0.1, 0.15) is 18.2 Å². The number of amides is 4. The van der Waals surface area contributed by atoms with E-state index in [9.17, 15) is 117 Å². The van der Waals surface area contributed by atoms with Gasteiger partial charge in [0.2, 0.25) is 23.6 Å². The number of ketones is 2. The number of hydrogen-bond donors (Lipinski definition) is 17. The molecule has 1 aromatic carbocycles. The zero-order valence-corrected chi connectivity index (χ0v) is 73.1. The Hall–Kier alpha value is -11.0. The van der Waals surface area contributed by atoms with Crippen LogP contribution in [0.5, 0.6) is 0 Å². The van der Waals surface area contributed by atoms with Gasteiger partial charge in [-0.2, -0.15) is 0 Å². The van der Waals surface area contributed by atoms with Crippen molar-refractivity contribution >= 4 is 118 Å². The van der Waals surface area contributed by atoms with Crippen molar-refractivity contribution in [3.63, 3.8) is 0 Å². The van der Waals surface area contributed by atoms with Crippen LogP contribution < -0.4 is 21.3 Å². The van der Waals surface area contributed by atoms with Crippen molar-refractivity contribution in [2.45, 2.75) is 100 Å². The van der Waals surface area contributed by atoms with Crippen molar-refractivity contribution in [3.8, 4) is 0 Å². The van der Waals surface area contributed by atoms with Gasteiger partial charge >= 0.3 is 77.6 Å². The third kappa shape index (κ3) is 81.0. The summed E-state index contributed by atoms with van der Waals surface area (Å²) in [6.45, 7) is 1.90. The van der Waals surface area contributed by atoms with Crippen LogP contribution in [0.15, 0.2) is 24.3 Å². The average Bonchev–Trinajstić information content (AvgIpc) is 0.850. The normalized spacial score (nSPS) is 11.2. The van der Waals surface area contributed by atoms with Crippen LogP contribution in [0.1, 0.15) is 93.6 Å². The van der Waals surface area contributed by atoms with Crippen molar-refractivity contribution < 1.29 is 186 Å². The minimum atomic E-state index is -1.32. The molecule has 0 spiro atoms. The topological polar surface area (TPSA) is 720 Å². The standard InChI is InChI=1S/C30H45N5O14.2C24H42N4O12.3CH4/c1-2-24(36)31-7-10-48-11-12-49-20-25(37)32-22-5-3-21(4-6-22)13-23(35(18-29(44)45)19-30(46)47)14-33(15-26(38)39)8-9-34(16-27(40)41)17-28(42)43;1-2-20(30)25-5-11-40-13-12-39-10-3-4-19(29)14-27(16-22(33)34)8-6-26(15-21(31)32)7-9-28(17-23(35)36)18-24(37)38;1-2-20(30)25-5-11-40-13-12-39-10-3-4-19(29)14-26(6-8-27(15-21(31)32)16-22(33)34)7-9-28(17-23(35)36)18-24(37)38;;;/h3-6,23H,2,7-20H2,1H3,(H,31,36)(H,32,37)(H,38,39)(H,40,41)(H,42,43)(H,44,45)(H,46,47);2*2-18H2,1H3,(H,25,30)(H,31,32)(H,33,34)(H,35,36)(H,37,38);3*1H4. The van der Waals surface area contributed by atoms with Crippen molar-refractivity contribution in [2.75, 3.05) is 274 Å². The SMILES string of the molecule is C.C.C.CCC(=O)NCCOCCOCC(=O)Nc1ccc(CC(CN(CCN(CC(=O)O)CC(=O)O)CC(=O)O)N(CC(=O)O)CC(=O)O)cc1.CCC(=O)NCCOCCOCCCC(=O)CN(CCN(CC(=O)O)CC(=O)O)CCN(CC(=O)O)CC(=O)O.CCC(=O)NCCOCCOCCCC(=O)CN(CCN(CCN(CC(=O)O)CC(=O)O)CC(=O)O)CC(=O)O. The van der Waals surface area contributed by atoms with E-state index >= 15 is 0 Å². The van der Waals surface area contributed by atoms with Crippen LogP contribution in [0.4, 0.5) is 5.69 Å². The Kier molecular flexibility index (Phi) is 79.2. The number of anilines is 1. The van der Waals surface area contributed by atoms with E-state index in [0.717, 1.165) is 14.7 Å². The molecule has 0 aliphatic heterocycles. The summed E-state index contributed by atoms with van der Waals surface area (Å²) in [6.07, 6.45) is 2.41. The van der Waals surface area contributed by atoms with Gasteiger partial charge in [-0.1, -0.05) is 55.2 Å². The predicted molar refractivity (Wildman–Crippen MR) is 468 cm³/mol. The summed E-state index contributed by atoms with van der Waals surface area (Å²) in [5.74, 6) is -17.2. The van der Waals surface area contributed by atoms with Gasteiger partial charge < -0.3 is 116 Å². The molecule has 0 saturated carbocycles. The summed E-state index contributed by atoms with van der Waals surface area (Å²) in [7, 11) is 0. The number of rotatable bonds is 82. The van der Waals surface area contributed by atoms with Crippen LogP contribution in [0.25, 0.3) is 0 Å². The van der Waals surface area contributed by atoms with Crippen molar-refractivity contribution in [2.24, 2.45) is 0 Å². The van der Waals surface area contributed by atoms with Gasteiger partial charge in [-0.05, 0) is 37.0 Å². The number of carbonyl (C=O) groups excluding carboxylic acids is 6. The Bertz CT molecular complexity index is 3450. The summed E-state index contributed by atoms with van der Waals surface area (Å²) < 4.78 is 32.1. The van der Waals surface area contributed by atoms with E-state index in [1.165, 1.54) is 24.5 Å². The number of carbonyl (C=O) groups is 19.